The highest BCUT2D eigenvalue weighted by Crippen LogP contribution is 2.34. The second-order valence-electron chi connectivity index (χ2n) is 8.03. The highest BCUT2D eigenvalue weighted by atomic mass is 16.6. The minimum Gasteiger partial charge on any atom is -0.493 e. The van der Waals surface area contributed by atoms with Gasteiger partial charge in [0, 0.05) is 24.3 Å². The summed E-state index contributed by atoms with van der Waals surface area (Å²) in [7, 11) is 1.45. The third-order valence-electron chi connectivity index (χ3n) is 5.72. The van der Waals surface area contributed by atoms with Crippen molar-refractivity contribution in [3.8, 4) is 11.5 Å². The molecule has 1 aliphatic rings. The molecule has 0 saturated carbocycles. The first kappa shape index (κ1) is 23.7. The number of benzene rings is 3. The molecule has 0 spiro atoms. The Hall–Kier alpha value is -4.40. The van der Waals surface area contributed by atoms with Crippen molar-refractivity contribution in [2.24, 2.45) is 5.10 Å². The van der Waals surface area contributed by atoms with E-state index in [1.54, 1.807) is 12.1 Å². The smallest absolute Gasteiger partial charge is 0.282 e. The van der Waals surface area contributed by atoms with Crippen LogP contribution in [0.1, 0.15) is 34.3 Å². The first-order valence-corrected chi connectivity index (χ1v) is 11.3. The van der Waals surface area contributed by atoms with Crippen molar-refractivity contribution in [3.63, 3.8) is 0 Å². The first-order chi connectivity index (χ1) is 17.0. The Morgan fingerprint density at radius 3 is 2.46 bits per heavy atom. The molecule has 0 unspecified atom stereocenters. The fourth-order valence-electron chi connectivity index (χ4n) is 3.86. The predicted molar refractivity (Wildman–Crippen MR) is 133 cm³/mol. The minimum absolute atomic E-state index is 0.170. The number of hydrazone groups is 1. The lowest BCUT2D eigenvalue weighted by Gasteiger charge is -2.17. The van der Waals surface area contributed by atoms with E-state index in [9.17, 15) is 14.9 Å². The van der Waals surface area contributed by atoms with Gasteiger partial charge in [-0.15, -0.1) is 0 Å². The summed E-state index contributed by atoms with van der Waals surface area (Å²) in [5.74, 6) is 0.144. The molecule has 180 valence electrons. The fourth-order valence-corrected chi connectivity index (χ4v) is 3.86. The summed E-state index contributed by atoms with van der Waals surface area (Å²) < 4.78 is 11.1. The molecule has 4 rings (SSSR count). The number of carbonyl (C=O) groups excluding carboxylic acids is 1. The largest absolute Gasteiger partial charge is 0.493 e. The van der Waals surface area contributed by atoms with Crippen molar-refractivity contribution in [1.29, 1.82) is 0 Å². The molecule has 0 atom stereocenters. The molecule has 1 saturated heterocycles. The van der Waals surface area contributed by atoms with Crippen molar-refractivity contribution in [2.45, 2.75) is 19.4 Å². The molecular formula is C26H26N4O5. The van der Waals surface area contributed by atoms with Crippen molar-refractivity contribution in [3.05, 3.63) is 93.5 Å². The third kappa shape index (κ3) is 5.94. The second-order valence-corrected chi connectivity index (χ2v) is 8.03. The van der Waals surface area contributed by atoms with Gasteiger partial charge in [-0.3, -0.25) is 14.9 Å². The number of nitro groups is 1. The molecule has 3 aromatic rings. The number of nitro benzene ring substituents is 1. The van der Waals surface area contributed by atoms with Crippen LogP contribution in [0.4, 0.5) is 11.4 Å². The lowest BCUT2D eigenvalue weighted by Crippen LogP contribution is -2.19. The van der Waals surface area contributed by atoms with Gasteiger partial charge in [0.25, 0.3) is 11.6 Å². The fraction of sp³-hybridized carbons (Fsp3) is 0.231. The Kier molecular flexibility index (Phi) is 7.57. The lowest BCUT2D eigenvalue weighted by molar-refractivity contribution is -0.385. The number of rotatable bonds is 9. The molecule has 1 heterocycles. The van der Waals surface area contributed by atoms with E-state index >= 15 is 0 Å². The molecule has 9 nitrogen and oxygen atoms in total. The van der Waals surface area contributed by atoms with E-state index < -0.39 is 10.8 Å². The van der Waals surface area contributed by atoms with Crippen molar-refractivity contribution in [1.82, 2.24) is 5.43 Å². The molecule has 0 radical (unpaired) electrons. The summed E-state index contributed by atoms with van der Waals surface area (Å²) >= 11 is 0. The van der Waals surface area contributed by atoms with Crippen LogP contribution >= 0.6 is 0 Å². The van der Waals surface area contributed by atoms with Gasteiger partial charge in [0.05, 0.1) is 29.9 Å². The Bertz CT molecular complexity index is 1210. The highest BCUT2D eigenvalue weighted by Gasteiger charge is 2.19. The Morgan fingerprint density at radius 1 is 1.09 bits per heavy atom. The standard InChI is InChI=1S/C26H26N4O5/c1-34-24-15-21(23(30(32)33)16-25(24)35-18-19-7-3-2-4-8-19)17-27-28-26(31)20-9-11-22(12-10-20)29-13-5-6-14-29/h2-4,7-12,15-17H,5-6,13-14,18H2,1H3,(H,28,31)/b27-17-. The second kappa shape index (κ2) is 11.1. The molecule has 35 heavy (non-hydrogen) atoms. The number of hydrogen-bond acceptors (Lipinski definition) is 7. The van der Waals surface area contributed by atoms with Crippen LogP contribution in [-0.2, 0) is 6.61 Å². The number of nitrogens with one attached hydrogen (secondary N) is 1. The van der Waals surface area contributed by atoms with Crippen molar-refractivity contribution in [2.75, 3.05) is 25.1 Å². The van der Waals surface area contributed by atoms with Crippen molar-refractivity contribution >= 4 is 23.5 Å². The van der Waals surface area contributed by atoms with Crippen LogP contribution in [-0.4, -0.2) is 37.2 Å². The Balaban J connectivity index is 1.45. The summed E-state index contributed by atoms with van der Waals surface area (Å²) in [6.45, 7) is 2.27. The maximum Gasteiger partial charge on any atom is 0.282 e. The number of amides is 1. The molecule has 0 bridgehead atoms. The average molecular weight is 475 g/mol. The van der Waals surface area contributed by atoms with Gasteiger partial charge in [0.15, 0.2) is 11.5 Å². The SMILES string of the molecule is COc1cc(/C=N\NC(=O)c2ccc(N3CCCC3)cc2)c([N+](=O)[O-])cc1OCc1ccccc1. The average Bonchev–Trinajstić information content (AvgIpc) is 3.43. The summed E-state index contributed by atoms with van der Waals surface area (Å²) in [5, 5.41) is 15.6. The minimum atomic E-state index is -0.533. The third-order valence-corrected chi connectivity index (χ3v) is 5.72. The number of anilines is 1. The van der Waals surface area contributed by atoms with E-state index in [0.717, 1.165) is 24.3 Å². The summed E-state index contributed by atoms with van der Waals surface area (Å²) in [4.78, 5) is 25.9. The van der Waals surface area contributed by atoms with Gasteiger partial charge in [-0.25, -0.2) is 5.43 Å². The quantitative estimate of drug-likeness (QED) is 0.277. The van der Waals surface area contributed by atoms with Crippen LogP contribution in [0.5, 0.6) is 11.5 Å². The van der Waals surface area contributed by atoms with Crippen LogP contribution in [0, 0.1) is 10.1 Å². The number of ether oxygens (including phenoxy) is 2. The zero-order valence-electron chi connectivity index (χ0n) is 19.3. The van der Waals surface area contributed by atoms with Crippen LogP contribution in [0.25, 0.3) is 0 Å². The van der Waals surface area contributed by atoms with Crippen molar-refractivity contribution < 1.29 is 19.2 Å². The number of carbonyl (C=O) groups is 1. The summed E-state index contributed by atoms with van der Waals surface area (Å²) in [5.41, 5.74) is 4.82. The first-order valence-electron chi connectivity index (χ1n) is 11.3. The van der Waals surface area contributed by atoms with Gasteiger partial charge in [-0.1, -0.05) is 30.3 Å². The van der Waals surface area contributed by atoms with E-state index in [1.165, 1.54) is 38.3 Å². The molecule has 9 heteroatoms. The van der Waals surface area contributed by atoms with Gasteiger partial charge in [-0.2, -0.15) is 5.10 Å². The zero-order chi connectivity index (χ0) is 24.6. The topological polar surface area (TPSA) is 106 Å². The molecule has 3 aromatic carbocycles. The normalized spacial score (nSPS) is 13.1. The van der Waals surface area contributed by atoms with Crippen LogP contribution in [0.3, 0.4) is 0 Å². The van der Waals surface area contributed by atoms with E-state index in [-0.39, 0.29) is 23.6 Å². The molecular weight excluding hydrogens is 448 g/mol. The van der Waals surface area contributed by atoms with Gasteiger partial charge >= 0.3 is 0 Å². The maximum absolute atomic E-state index is 12.5. The molecule has 0 aromatic heterocycles. The van der Waals surface area contributed by atoms with Gasteiger partial charge < -0.3 is 14.4 Å². The molecule has 0 aliphatic carbocycles. The highest BCUT2D eigenvalue weighted by molar-refractivity contribution is 5.95. The molecule has 1 amide bonds. The van der Waals surface area contributed by atoms with Gasteiger partial charge in [0.2, 0.25) is 0 Å². The monoisotopic (exact) mass is 474 g/mol. The van der Waals surface area contributed by atoms with E-state index in [1.807, 2.05) is 42.5 Å². The van der Waals surface area contributed by atoms with Crippen LogP contribution in [0.15, 0.2) is 71.8 Å². The summed E-state index contributed by atoms with van der Waals surface area (Å²) in [6.07, 6.45) is 3.57. The van der Waals surface area contributed by atoms with Gasteiger partial charge in [-0.05, 0) is 48.7 Å². The summed E-state index contributed by atoms with van der Waals surface area (Å²) in [6, 6.07) is 19.5. The zero-order valence-corrected chi connectivity index (χ0v) is 19.3. The van der Waals surface area contributed by atoms with Crippen LogP contribution < -0.4 is 19.8 Å². The predicted octanol–water partition coefficient (Wildman–Crippen LogP) is 4.55. The molecule has 1 fully saturated rings. The molecule has 1 aliphatic heterocycles. The Labute approximate surface area is 203 Å². The molecule has 1 N–H and O–H groups in total. The lowest BCUT2D eigenvalue weighted by atomic mass is 10.1. The van der Waals surface area contributed by atoms with E-state index in [0.29, 0.717) is 11.3 Å². The number of hydrogen-bond donors (Lipinski definition) is 1. The van der Waals surface area contributed by atoms with Gasteiger partial charge in [0.1, 0.15) is 6.61 Å². The van der Waals surface area contributed by atoms with Crippen LogP contribution in [0.2, 0.25) is 0 Å². The van der Waals surface area contributed by atoms with E-state index in [2.05, 4.69) is 15.4 Å². The number of nitrogens with zero attached hydrogens (tertiary/aromatic N) is 3. The number of methoxy groups -OCH3 is 1. The van der Waals surface area contributed by atoms with E-state index in [4.69, 9.17) is 9.47 Å². The maximum atomic E-state index is 12.5. The Morgan fingerprint density at radius 2 is 1.80 bits per heavy atom.